The van der Waals surface area contributed by atoms with E-state index < -0.39 is 5.97 Å². The molecule has 0 atom stereocenters. The third-order valence-electron chi connectivity index (χ3n) is 2.26. The lowest BCUT2D eigenvalue weighted by atomic mass is 10.0. The Morgan fingerprint density at radius 2 is 1.93 bits per heavy atom. The molecule has 3 heteroatoms. The normalized spacial score (nSPS) is 10.4. The lowest BCUT2D eigenvalue weighted by Gasteiger charge is -2.03. The average Bonchev–Trinajstić information content (AvgIpc) is 2.16. The van der Waals surface area contributed by atoms with E-state index >= 15 is 0 Å². The molecule has 0 spiro atoms. The maximum Gasteiger partial charge on any atom is 0.307 e. The van der Waals surface area contributed by atoms with Crippen molar-refractivity contribution >= 4 is 16.7 Å². The summed E-state index contributed by atoms with van der Waals surface area (Å²) in [5.74, 6) is -0.769. The van der Waals surface area contributed by atoms with Crippen molar-refractivity contribution in [2.75, 3.05) is 0 Å². The van der Waals surface area contributed by atoms with Crippen LogP contribution in [0.25, 0.3) is 10.8 Å². The van der Waals surface area contributed by atoms with Gasteiger partial charge in [0.15, 0.2) is 0 Å². The number of aromatic hydroxyl groups is 1. The second-order valence-corrected chi connectivity index (χ2v) is 3.41. The van der Waals surface area contributed by atoms with Gasteiger partial charge in [-0.1, -0.05) is 30.3 Å². The smallest absolute Gasteiger partial charge is 0.307 e. The van der Waals surface area contributed by atoms with E-state index in [2.05, 4.69) is 0 Å². The van der Waals surface area contributed by atoms with Gasteiger partial charge in [-0.25, -0.2) is 0 Å². The number of phenolic OH excluding ortho intramolecular Hbond substituents is 1. The SMILES string of the molecule is O=C(O)Cc1cc(O)c2ccccc2c1. The Balaban J connectivity index is 2.57. The molecule has 76 valence electrons. The maximum atomic E-state index is 10.5. The van der Waals surface area contributed by atoms with Crippen LogP contribution in [0.1, 0.15) is 5.56 Å². The first-order valence-electron chi connectivity index (χ1n) is 4.59. The predicted molar refractivity (Wildman–Crippen MR) is 57.0 cm³/mol. The molecule has 0 aliphatic carbocycles. The number of carboxylic acid groups (broad SMARTS) is 1. The van der Waals surface area contributed by atoms with Gasteiger partial charge < -0.3 is 10.2 Å². The van der Waals surface area contributed by atoms with Crippen LogP contribution in [-0.4, -0.2) is 16.2 Å². The highest BCUT2D eigenvalue weighted by atomic mass is 16.4. The Morgan fingerprint density at radius 1 is 1.20 bits per heavy atom. The first-order chi connectivity index (χ1) is 7.16. The summed E-state index contributed by atoms with van der Waals surface area (Å²) >= 11 is 0. The molecule has 2 N–H and O–H groups in total. The van der Waals surface area contributed by atoms with E-state index in [1.54, 1.807) is 12.1 Å². The number of hydrogen-bond acceptors (Lipinski definition) is 2. The van der Waals surface area contributed by atoms with Crippen LogP contribution in [0.5, 0.6) is 5.75 Å². The zero-order valence-corrected chi connectivity index (χ0v) is 7.97. The Bertz CT molecular complexity index is 517. The third kappa shape index (κ3) is 1.91. The number of aliphatic carboxylic acids is 1. The number of carbonyl (C=O) groups is 1. The molecule has 0 aromatic heterocycles. The predicted octanol–water partition coefficient (Wildman–Crippen LogP) is 2.17. The summed E-state index contributed by atoms with van der Waals surface area (Å²) in [7, 11) is 0. The molecule has 0 bridgehead atoms. The van der Waals surface area contributed by atoms with Crippen molar-refractivity contribution in [1.82, 2.24) is 0 Å². The third-order valence-corrected chi connectivity index (χ3v) is 2.26. The zero-order chi connectivity index (χ0) is 10.8. The topological polar surface area (TPSA) is 57.5 Å². The minimum atomic E-state index is -0.898. The van der Waals surface area contributed by atoms with Gasteiger partial charge in [0.05, 0.1) is 6.42 Å². The van der Waals surface area contributed by atoms with E-state index in [0.29, 0.717) is 5.56 Å². The number of hydrogen-bond donors (Lipinski definition) is 2. The summed E-state index contributed by atoms with van der Waals surface area (Å²) in [5.41, 5.74) is 0.610. The molecular formula is C12H10O3. The molecule has 0 unspecified atom stereocenters. The van der Waals surface area contributed by atoms with Gasteiger partial charge in [0.1, 0.15) is 5.75 Å². The van der Waals surface area contributed by atoms with Crippen LogP contribution in [0.2, 0.25) is 0 Å². The van der Waals surface area contributed by atoms with Crippen molar-refractivity contribution in [3.8, 4) is 5.75 Å². The molecule has 0 saturated heterocycles. The average molecular weight is 202 g/mol. The molecule has 0 amide bonds. The first kappa shape index (κ1) is 9.52. The van der Waals surface area contributed by atoms with E-state index in [9.17, 15) is 9.90 Å². The van der Waals surface area contributed by atoms with Gasteiger partial charge >= 0.3 is 5.97 Å². The van der Waals surface area contributed by atoms with E-state index in [0.717, 1.165) is 10.8 Å². The molecule has 0 heterocycles. The lowest BCUT2D eigenvalue weighted by Crippen LogP contribution is -1.99. The number of fused-ring (bicyclic) bond motifs is 1. The summed E-state index contributed by atoms with van der Waals surface area (Å²) in [6.45, 7) is 0. The monoisotopic (exact) mass is 202 g/mol. The number of rotatable bonds is 2. The first-order valence-corrected chi connectivity index (χ1v) is 4.59. The van der Waals surface area contributed by atoms with Crippen LogP contribution in [0.4, 0.5) is 0 Å². The summed E-state index contributed by atoms with van der Waals surface area (Å²) in [4.78, 5) is 10.5. The molecule has 0 aliphatic rings. The minimum Gasteiger partial charge on any atom is -0.507 e. The van der Waals surface area contributed by atoms with Gasteiger partial charge in [-0.3, -0.25) is 4.79 Å². The molecular weight excluding hydrogens is 192 g/mol. The highest BCUT2D eigenvalue weighted by molar-refractivity contribution is 5.89. The molecule has 3 nitrogen and oxygen atoms in total. The van der Waals surface area contributed by atoms with Gasteiger partial charge in [0, 0.05) is 5.39 Å². The second-order valence-electron chi connectivity index (χ2n) is 3.41. The number of phenols is 1. The Hall–Kier alpha value is -2.03. The van der Waals surface area contributed by atoms with Gasteiger partial charge in [-0.05, 0) is 17.0 Å². The standard InChI is InChI=1S/C12H10O3/c13-11-6-8(7-12(14)15)5-9-3-1-2-4-10(9)11/h1-6,13H,7H2,(H,14,15). The van der Waals surface area contributed by atoms with Crippen molar-refractivity contribution in [1.29, 1.82) is 0 Å². The van der Waals surface area contributed by atoms with Gasteiger partial charge in [0.2, 0.25) is 0 Å². The Labute approximate surface area is 86.6 Å². The largest absolute Gasteiger partial charge is 0.507 e. The Kier molecular flexibility index (Phi) is 2.29. The van der Waals surface area contributed by atoms with Crippen molar-refractivity contribution in [2.24, 2.45) is 0 Å². The zero-order valence-electron chi connectivity index (χ0n) is 7.97. The second kappa shape index (κ2) is 3.61. The van der Waals surface area contributed by atoms with Gasteiger partial charge in [-0.2, -0.15) is 0 Å². The summed E-state index contributed by atoms with van der Waals surface area (Å²) < 4.78 is 0. The van der Waals surface area contributed by atoms with Crippen LogP contribution < -0.4 is 0 Å². The molecule has 0 fully saturated rings. The molecule has 2 rings (SSSR count). The molecule has 2 aromatic rings. The minimum absolute atomic E-state index is 0.0710. The fourth-order valence-corrected chi connectivity index (χ4v) is 1.63. The van der Waals surface area contributed by atoms with Crippen LogP contribution in [0.15, 0.2) is 36.4 Å². The highest BCUT2D eigenvalue weighted by Gasteiger charge is 2.05. The van der Waals surface area contributed by atoms with Crippen molar-refractivity contribution in [3.05, 3.63) is 42.0 Å². The molecule has 0 aliphatic heterocycles. The van der Waals surface area contributed by atoms with Crippen LogP contribution in [-0.2, 0) is 11.2 Å². The molecule has 0 saturated carbocycles. The summed E-state index contributed by atoms with van der Waals surface area (Å²) in [6.07, 6.45) is -0.0710. The van der Waals surface area contributed by atoms with Crippen LogP contribution >= 0.6 is 0 Å². The van der Waals surface area contributed by atoms with E-state index in [-0.39, 0.29) is 12.2 Å². The van der Waals surface area contributed by atoms with E-state index in [1.165, 1.54) is 6.07 Å². The van der Waals surface area contributed by atoms with Crippen LogP contribution in [0, 0.1) is 0 Å². The van der Waals surface area contributed by atoms with Crippen molar-refractivity contribution in [2.45, 2.75) is 6.42 Å². The Morgan fingerprint density at radius 3 is 2.67 bits per heavy atom. The quantitative estimate of drug-likeness (QED) is 0.784. The number of carboxylic acids is 1. The van der Waals surface area contributed by atoms with E-state index in [4.69, 9.17) is 5.11 Å². The van der Waals surface area contributed by atoms with E-state index in [1.807, 2.05) is 18.2 Å². The van der Waals surface area contributed by atoms with Crippen molar-refractivity contribution in [3.63, 3.8) is 0 Å². The molecule has 0 radical (unpaired) electrons. The van der Waals surface area contributed by atoms with Gasteiger partial charge in [-0.15, -0.1) is 0 Å². The maximum absolute atomic E-state index is 10.5. The molecule has 15 heavy (non-hydrogen) atoms. The molecule has 2 aromatic carbocycles. The summed E-state index contributed by atoms with van der Waals surface area (Å²) in [6, 6.07) is 10.6. The van der Waals surface area contributed by atoms with Crippen LogP contribution in [0.3, 0.4) is 0 Å². The van der Waals surface area contributed by atoms with Crippen molar-refractivity contribution < 1.29 is 15.0 Å². The lowest BCUT2D eigenvalue weighted by molar-refractivity contribution is -0.136. The highest BCUT2D eigenvalue weighted by Crippen LogP contribution is 2.26. The summed E-state index contributed by atoms with van der Waals surface area (Å²) in [5, 5.41) is 19.9. The fourth-order valence-electron chi connectivity index (χ4n) is 1.63. The van der Waals surface area contributed by atoms with Gasteiger partial charge in [0.25, 0.3) is 0 Å². The number of benzene rings is 2. The fraction of sp³-hybridized carbons (Fsp3) is 0.0833.